The zero-order chi connectivity index (χ0) is 17.6. The van der Waals surface area contributed by atoms with Crippen molar-refractivity contribution in [2.45, 2.75) is 6.92 Å². The van der Waals surface area contributed by atoms with Crippen molar-refractivity contribution in [2.75, 3.05) is 5.32 Å². The van der Waals surface area contributed by atoms with Gasteiger partial charge in [0.15, 0.2) is 0 Å². The van der Waals surface area contributed by atoms with Crippen LogP contribution >= 0.6 is 0 Å². The average Bonchev–Trinajstić information content (AvgIpc) is 3.05. The maximum atomic E-state index is 12.5. The molecule has 0 spiro atoms. The number of carbonyl (C=O) groups is 2. The minimum Gasteiger partial charge on any atom is -0.350 e. The van der Waals surface area contributed by atoms with E-state index in [0.29, 0.717) is 5.57 Å². The monoisotopic (exact) mass is 331 g/mol. The van der Waals surface area contributed by atoms with Crippen molar-refractivity contribution in [1.82, 2.24) is 9.88 Å². The lowest BCUT2D eigenvalue weighted by molar-refractivity contribution is -0.123. The van der Waals surface area contributed by atoms with Crippen molar-refractivity contribution < 1.29 is 9.59 Å². The minimum absolute atomic E-state index is 0.284. The van der Waals surface area contributed by atoms with E-state index in [4.69, 9.17) is 0 Å². The third-order valence-electron chi connectivity index (χ3n) is 4.38. The van der Waals surface area contributed by atoms with Gasteiger partial charge in [-0.25, -0.2) is 0 Å². The smallest absolute Gasteiger partial charge is 0.275 e. The van der Waals surface area contributed by atoms with Crippen LogP contribution in [0.25, 0.3) is 16.5 Å². The molecule has 2 aromatic carbocycles. The first-order valence-corrected chi connectivity index (χ1v) is 8.02. The summed E-state index contributed by atoms with van der Waals surface area (Å²) in [5, 5.41) is 6.46. The SMILES string of the molecule is Cc1cccc(NC2=C(c3cn(C)c4ccccc34)C(=O)NC2=O)c1. The molecule has 1 aliphatic rings. The molecule has 0 bridgehead atoms. The molecule has 0 unspecified atom stereocenters. The van der Waals surface area contributed by atoms with Gasteiger partial charge in [-0.05, 0) is 30.7 Å². The molecule has 5 nitrogen and oxygen atoms in total. The third kappa shape index (κ3) is 2.50. The average molecular weight is 331 g/mol. The van der Waals surface area contributed by atoms with Crippen LogP contribution in [0, 0.1) is 6.92 Å². The van der Waals surface area contributed by atoms with Gasteiger partial charge >= 0.3 is 0 Å². The summed E-state index contributed by atoms with van der Waals surface area (Å²) in [6.45, 7) is 1.98. The van der Waals surface area contributed by atoms with Crippen molar-refractivity contribution in [3.8, 4) is 0 Å². The predicted molar refractivity (Wildman–Crippen MR) is 97.8 cm³/mol. The number of hydrogen-bond donors (Lipinski definition) is 2. The summed E-state index contributed by atoms with van der Waals surface area (Å²) in [7, 11) is 1.93. The van der Waals surface area contributed by atoms with Crippen LogP contribution < -0.4 is 10.6 Å². The molecule has 124 valence electrons. The van der Waals surface area contributed by atoms with E-state index < -0.39 is 5.91 Å². The number of nitrogens with zero attached hydrogens (tertiary/aromatic N) is 1. The maximum Gasteiger partial charge on any atom is 0.275 e. The van der Waals surface area contributed by atoms with Crippen molar-refractivity contribution in [2.24, 2.45) is 7.05 Å². The number of aromatic nitrogens is 1. The van der Waals surface area contributed by atoms with Gasteiger partial charge in [0.2, 0.25) is 0 Å². The first kappa shape index (κ1) is 15.2. The number of aryl methyl sites for hydroxylation is 2. The highest BCUT2D eigenvalue weighted by Gasteiger charge is 2.33. The van der Waals surface area contributed by atoms with Gasteiger partial charge in [0.05, 0.1) is 5.57 Å². The Morgan fingerprint density at radius 1 is 1.00 bits per heavy atom. The van der Waals surface area contributed by atoms with Gasteiger partial charge in [0, 0.05) is 35.4 Å². The van der Waals surface area contributed by atoms with Crippen LogP contribution in [0.4, 0.5) is 5.69 Å². The highest BCUT2D eigenvalue weighted by Crippen LogP contribution is 2.32. The van der Waals surface area contributed by atoms with Crippen molar-refractivity contribution in [1.29, 1.82) is 0 Å². The molecule has 5 heteroatoms. The Bertz CT molecular complexity index is 1060. The number of para-hydroxylation sites is 1. The van der Waals surface area contributed by atoms with Gasteiger partial charge in [-0.15, -0.1) is 0 Å². The summed E-state index contributed by atoms with van der Waals surface area (Å²) < 4.78 is 1.96. The molecule has 0 fully saturated rings. The predicted octanol–water partition coefficient (Wildman–Crippen LogP) is 2.97. The Balaban J connectivity index is 1.90. The van der Waals surface area contributed by atoms with Crippen LogP contribution in [0.3, 0.4) is 0 Å². The number of hydrogen-bond acceptors (Lipinski definition) is 3. The topological polar surface area (TPSA) is 63.1 Å². The summed E-state index contributed by atoms with van der Waals surface area (Å²) in [4.78, 5) is 24.8. The quantitative estimate of drug-likeness (QED) is 0.725. The lowest BCUT2D eigenvalue weighted by atomic mass is 10.0. The normalized spacial score (nSPS) is 14.3. The Kier molecular flexibility index (Phi) is 3.42. The minimum atomic E-state index is -0.408. The molecule has 0 aliphatic carbocycles. The summed E-state index contributed by atoms with van der Waals surface area (Å²) >= 11 is 0. The molecular weight excluding hydrogens is 314 g/mol. The molecule has 2 N–H and O–H groups in total. The lowest BCUT2D eigenvalue weighted by Crippen LogP contribution is -2.24. The molecule has 0 saturated heterocycles. The first-order valence-electron chi connectivity index (χ1n) is 8.02. The molecule has 1 aromatic heterocycles. The lowest BCUT2D eigenvalue weighted by Gasteiger charge is -2.08. The molecule has 4 rings (SSSR count). The van der Waals surface area contributed by atoms with Crippen LogP contribution in [0.2, 0.25) is 0 Å². The van der Waals surface area contributed by atoms with Crippen molar-refractivity contribution >= 4 is 34.0 Å². The van der Waals surface area contributed by atoms with Crippen molar-refractivity contribution in [3.63, 3.8) is 0 Å². The van der Waals surface area contributed by atoms with Gasteiger partial charge in [-0.3, -0.25) is 14.9 Å². The molecule has 2 amide bonds. The van der Waals surface area contributed by atoms with Gasteiger partial charge < -0.3 is 9.88 Å². The maximum absolute atomic E-state index is 12.5. The third-order valence-corrected chi connectivity index (χ3v) is 4.38. The number of anilines is 1. The number of carbonyl (C=O) groups excluding carboxylic acids is 2. The number of benzene rings is 2. The fourth-order valence-electron chi connectivity index (χ4n) is 3.24. The summed E-state index contributed by atoms with van der Waals surface area (Å²) in [6, 6.07) is 15.5. The molecule has 0 radical (unpaired) electrons. The van der Waals surface area contributed by atoms with E-state index in [9.17, 15) is 9.59 Å². The summed E-state index contributed by atoms with van der Waals surface area (Å²) in [6.07, 6.45) is 1.89. The second kappa shape index (κ2) is 5.63. The van der Waals surface area contributed by atoms with Crippen LogP contribution in [0.15, 0.2) is 60.4 Å². The zero-order valence-electron chi connectivity index (χ0n) is 14.0. The van der Waals surface area contributed by atoms with E-state index in [1.54, 1.807) is 0 Å². The fraction of sp³-hybridized carbons (Fsp3) is 0.100. The molecule has 25 heavy (non-hydrogen) atoms. The highest BCUT2D eigenvalue weighted by atomic mass is 16.2. The molecule has 2 heterocycles. The Labute approximate surface area is 145 Å². The second-order valence-electron chi connectivity index (χ2n) is 6.20. The van der Waals surface area contributed by atoms with E-state index in [-0.39, 0.29) is 11.6 Å². The number of nitrogens with one attached hydrogen (secondary N) is 2. The van der Waals surface area contributed by atoms with Gasteiger partial charge in [0.1, 0.15) is 5.70 Å². The van der Waals surface area contributed by atoms with Crippen LogP contribution in [0.1, 0.15) is 11.1 Å². The number of imide groups is 1. The Morgan fingerprint density at radius 3 is 2.60 bits per heavy atom. The van der Waals surface area contributed by atoms with Gasteiger partial charge in [-0.1, -0.05) is 30.3 Å². The summed E-state index contributed by atoms with van der Waals surface area (Å²) in [5.74, 6) is -0.786. The number of fused-ring (bicyclic) bond motifs is 1. The second-order valence-corrected chi connectivity index (χ2v) is 6.20. The fourth-order valence-corrected chi connectivity index (χ4v) is 3.24. The molecule has 3 aromatic rings. The molecule has 0 saturated carbocycles. The number of amides is 2. The zero-order valence-corrected chi connectivity index (χ0v) is 14.0. The largest absolute Gasteiger partial charge is 0.350 e. The van der Waals surface area contributed by atoms with E-state index in [2.05, 4.69) is 10.6 Å². The first-order chi connectivity index (χ1) is 12.0. The molecule has 1 aliphatic heterocycles. The van der Waals surface area contributed by atoms with Crippen LogP contribution in [0.5, 0.6) is 0 Å². The van der Waals surface area contributed by atoms with E-state index in [0.717, 1.165) is 27.7 Å². The molecular formula is C20H17N3O2. The van der Waals surface area contributed by atoms with Crippen LogP contribution in [-0.4, -0.2) is 16.4 Å². The Morgan fingerprint density at radius 2 is 1.80 bits per heavy atom. The Hall–Kier alpha value is -3.34. The van der Waals surface area contributed by atoms with Gasteiger partial charge in [0.25, 0.3) is 11.8 Å². The number of rotatable bonds is 3. The standard InChI is InChI=1S/C20H17N3O2/c1-12-6-5-7-13(10-12)21-18-17(19(24)22-20(18)25)15-11-23(2)16-9-4-3-8-14(15)16/h3-11H,1-2H3,(H2,21,22,24,25). The van der Waals surface area contributed by atoms with E-state index in [1.807, 2.05) is 73.3 Å². The highest BCUT2D eigenvalue weighted by molar-refractivity contribution is 6.38. The summed E-state index contributed by atoms with van der Waals surface area (Å²) in [5.41, 5.74) is 4.26. The van der Waals surface area contributed by atoms with E-state index >= 15 is 0 Å². The van der Waals surface area contributed by atoms with Crippen LogP contribution in [-0.2, 0) is 16.6 Å². The molecule has 0 atom stereocenters. The van der Waals surface area contributed by atoms with E-state index in [1.165, 1.54) is 0 Å². The van der Waals surface area contributed by atoms with Gasteiger partial charge in [-0.2, -0.15) is 0 Å². The van der Waals surface area contributed by atoms with Crippen molar-refractivity contribution in [3.05, 3.63) is 71.6 Å².